The van der Waals surface area contributed by atoms with Gasteiger partial charge in [-0.2, -0.15) is 5.10 Å². The van der Waals surface area contributed by atoms with Crippen LogP contribution in [-0.2, 0) is 0 Å². The van der Waals surface area contributed by atoms with Crippen molar-refractivity contribution >= 4 is 11.6 Å². The predicted octanol–water partition coefficient (Wildman–Crippen LogP) is 2.11. The van der Waals surface area contributed by atoms with Crippen LogP contribution in [0.15, 0.2) is 36.7 Å². The van der Waals surface area contributed by atoms with E-state index in [1.165, 1.54) is 10.7 Å². The van der Waals surface area contributed by atoms with Gasteiger partial charge in [-0.25, -0.2) is 14.3 Å². The molecule has 0 saturated heterocycles. The molecule has 0 unspecified atom stereocenters. The summed E-state index contributed by atoms with van der Waals surface area (Å²) >= 11 is 0. The molecular formula is C15H13N3O4. The van der Waals surface area contributed by atoms with Crippen LogP contribution in [0.4, 0.5) is 0 Å². The molecule has 2 aromatic heterocycles. The molecule has 0 aliphatic rings. The fourth-order valence-electron chi connectivity index (χ4n) is 2.26. The van der Waals surface area contributed by atoms with Crippen molar-refractivity contribution in [1.82, 2.24) is 14.6 Å². The fourth-order valence-corrected chi connectivity index (χ4v) is 2.26. The second-order valence-corrected chi connectivity index (χ2v) is 4.50. The summed E-state index contributed by atoms with van der Waals surface area (Å²) < 4.78 is 12.0. The van der Waals surface area contributed by atoms with Gasteiger partial charge in [-0.05, 0) is 24.3 Å². The Kier molecular flexibility index (Phi) is 3.38. The molecule has 0 radical (unpaired) electrons. The van der Waals surface area contributed by atoms with Crippen LogP contribution in [-0.4, -0.2) is 39.9 Å². The highest BCUT2D eigenvalue weighted by molar-refractivity contribution is 5.94. The largest absolute Gasteiger partial charge is 0.493 e. The van der Waals surface area contributed by atoms with E-state index in [0.717, 1.165) is 5.56 Å². The molecule has 7 heteroatoms. The molecule has 1 N–H and O–H groups in total. The molecule has 2 heterocycles. The van der Waals surface area contributed by atoms with E-state index in [1.807, 2.05) is 6.07 Å². The van der Waals surface area contributed by atoms with E-state index in [1.54, 1.807) is 38.6 Å². The Bertz CT molecular complexity index is 857. The highest BCUT2D eigenvalue weighted by atomic mass is 16.5. The minimum absolute atomic E-state index is 0.0577. The van der Waals surface area contributed by atoms with E-state index in [0.29, 0.717) is 22.8 Å². The van der Waals surface area contributed by atoms with Gasteiger partial charge in [-0.3, -0.25) is 0 Å². The molecule has 0 saturated carbocycles. The number of methoxy groups -OCH3 is 2. The number of nitrogens with zero attached hydrogens (tertiary/aromatic N) is 3. The van der Waals surface area contributed by atoms with Crippen LogP contribution in [0.3, 0.4) is 0 Å². The first-order valence-electron chi connectivity index (χ1n) is 6.44. The molecule has 0 aliphatic carbocycles. The first-order chi connectivity index (χ1) is 10.7. The Morgan fingerprint density at radius 3 is 2.64 bits per heavy atom. The number of aromatic nitrogens is 3. The molecule has 3 aromatic rings. The van der Waals surface area contributed by atoms with Gasteiger partial charge in [0.1, 0.15) is 5.56 Å². The summed E-state index contributed by atoms with van der Waals surface area (Å²) in [6.45, 7) is 0. The van der Waals surface area contributed by atoms with Crippen molar-refractivity contribution in [2.45, 2.75) is 0 Å². The van der Waals surface area contributed by atoms with Gasteiger partial charge in [0, 0.05) is 11.8 Å². The topological polar surface area (TPSA) is 86.0 Å². The molecule has 0 spiro atoms. The molecule has 22 heavy (non-hydrogen) atoms. The van der Waals surface area contributed by atoms with E-state index < -0.39 is 5.97 Å². The van der Waals surface area contributed by atoms with Crippen LogP contribution in [0.5, 0.6) is 11.5 Å². The number of carbonyl (C=O) groups is 1. The molecule has 0 aliphatic heterocycles. The number of rotatable bonds is 4. The third kappa shape index (κ3) is 2.12. The number of carboxylic acid groups (broad SMARTS) is 1. The number of carboxylic acids is 1. The second kappa shape index (κ2) is 5.36. The van der Waals surface area contributed by atoms with Crippen molar-refractivity contribution in [2.75, 3.05) is 14.2 Å². The Morgan fingerprint density at radius 1 is 1.18 bits per heavy atom. The van der Waals surface area contributed by atoms with Crippen molar-refractivity contribution in [2.24, 2.45) is 0 Å². The SMILES string of the molecule is COc1ccc(-c2ccnc3c(C(=O)O)cnn23)cc1OC. The van der Waals surface area contributed by atoms with Gasteiger partial charge in [-0.15, -0.1) is 0 Å². The highest BCUT2D eigenvalue weighted by Crippen LogP contribution is 2.32. The third-order valence-electron chi connectivity index (χ3n) is 3.31. The standard InChI is InChI=1S/C15H13N3O4/c1-21-12-4-3-9(7-13(12)22-2)11-5-6-16-14-10(15(19)20)8-17-18(11)14/h3-8H,1-2H3,(H,19,20). The van der Waals surface area contributed by atoms with Gasteiger partial charge in [-0.1, -0.05) is 0 Å². The van der Waals surface area contributed by atoms with Gasteiger partial charge in [0.25, 0.3) is 0 Å². The van der Waals surface area contributed by atoms with Gasteiger partial charge in [0.2, 0.25) is 0 Å². The Morgan fingerprint density at radius 2 is 1.95 bits per heavy atom. The molecule has 0 amide bonds. The zero-order valence-corrected chi connectivity index (χ0v) is 12.0. The second-order valence-electron chi connectivity index (χ2n) is 4.50. The van der Waals surface area contributed by atoms with Crippen LogP contribution in [0, 0.1) is 0 Å². The molecule has 112 valence electrons. The maximum atomic E-state index is 11.2. The molecule has 0 fully saturated rings. The quantitative estimate of drug-likeness (QED) is 0.794. The zero-order chi connectivity index (χ0) is 15.7. The Balaban J connectivity index is 2.20. The lowest BCUT2D eigenvalue weighted by atomic mass is 10.1. The Labute approximate surface area is 125 Å². The number of ether oxygens (including phenoxy) is 2. The number of fused-ring (bicyclic) bond motifs is 1. The number of benzene rings is 1. The minimum atomic E-state index is -1.06. The van der Waals surface area contributed by atoms with Crippen LogP contribution in [0.25, 0.3) is 16.9 Å². The molecule has 7 nitrogen and oxygen atoms in total. The van der Waals surface area contributed by atoms with Gasteiger partial charge < -0.3 is 14.6 Å². The van der Waals surface area contributed by atoms with Crippen LogP contribution in [0.1, 0.15) is 10.4 Å². The highest BCUT2D eigenvalue weighted by Gasteiger charge is 2.16. The summed E-state index contributed by atoms with van der Waals surface area (Å²) in [6, 6.07) is 7.18. The fraction of sp³-hybridized carbons (Fsp3) is 0.133. The van der Waals surface area contributed by atoms with Crippen molar-refractivity contribution in [3.63, 3.8) is 0 Å². The summed E-state index contributed by atoms with van der Waals surface area (Å²) in [5.74, 6) is 0.130. The van der Waals surface area contributed by atoms with Gasteiger partial charge in [0.15, 0.2) is 17.1 Å². The van der Waals surface area contributed by atoms with E-state index in [9.17, 15) is 4.79 Å². The lowest BCUT2D eigenvalue weighted by Crippen LogP contribution is -2.00. The number of aromatic carboxylic acids is 1. The summed E-state index contributed by atoms with van der Waals surface area (Å²) in [7, 11) is 3.12. The van der Waals surface area contributed by atoms with E-state index >= 15 is 0 Å². The number of hydrogen-bond acceptors (Lipinski definition) is 5. The molecule has 1 aromatic carbocycles. The maximum Gasteiger partial charge on any atom is 0.341 e. The lowest BCUT2D eigenvalue weighted by Gasteiger charge is -2.10. The summed E-state index contributed by atoms with van der Waals surface area (Å²) in [5, 5.41) is 13.3. The van der Waals surface area contributed by atoms with Crippen molar-refractivity contribution in [1.29, 1.82) is 0 Å². The molecular weight excluding hydrogens is 286 g/mol. The average molecular weight is 299 g/mol. The van der Waals surface area contributed by atoms with Crippen LogP contribution >= 0.6 is 0 Å². The third-order valence-corrected chi connectivity index (χ3v) is 3.31. The summed E-state index contributed by atoms with van der Waals surface area (Å²) in [5.41, 5.74) is 1.87. The minimum Gasteiger partial charge on any atom is -0.493 e. The average Bonchev–Trinajstić information content (AvgIpc) is 2.98. The molecule has 3 rings (SSSR count). The lowest BCUT2D eigenvalue weighted by molar-refractivity contribution is 0.0699. The zero-order valence-electron chi connectivity index (χ0n) is 12.0. The van der Waals surface area contributed by atoms with Crippen LogP contribution in [0.2, 0.25) is 0 Å². The maximum absolute atomic E-state index is 11.2. The van der Waals surface area contributed by atoms with E-state index in [4.69, 9.17) is 14.6 Å². The molecule has 0 bridgehead atoms. The van der Waals surface area contributed by atoms with Crippen LogP contribution < -0.4 is 9.47 Å². The van der Waals surface area contributed by atoms with Crippen molar-refractivity contribution < 1.29 is 19.4 Å². The summed E-state index contributed by atoms with van der Waals surface area (Å²) in [4.78, 5) is 15.3. The predicted molar refractivity (Wildman–Crippen MR) is 78.5 cm³/mol. The Hall–Kier alpha value is -3.09. The number of hydrogen-bond donors (Lipinski definition) is 1. The van der Waals surface area contributed by atoms with Gasteiger partial charge >= 0.3 is 5.97 Å². The monoisotopic (exact) mass is 299 g/mol. The first-order valence-corrected chi connectivity index (χ1v) is 6.44. The smallest absolute Gasteiger partial charge is 0.341 e. The normalized spacial score (nSPS) is 10.6. The van der Waals surface area contributed by atoms with Crippen molar-refractivity contribution in [3.05, 3.63) is 42.2 Å². The summed E-state index contributed by atoms with van der Waals surface area (Å²) in [6.07, 6.45) is 2.84. The van der Waals surface area contributed by atoms with Crippen molar-refractivity contribution in [3.8, 4) is 22.8 Å². The van der Waals surface area contributed by atoms with E-state index in [-0.39, 0.29) is 5.56 Å². The van der Waals surface area contributed by atoms with Gasteiger partial charge in [0.05, 0.1) is 26.1 Å². The first kappa shape index (κ1) is 13.9. The molecule has 0 atom stereocenters. The van der Waals surface area contributed by atoms with E-state index in [2.05, 4.69) is 10.1 Å².